The molecule has 1 aromatic rings. The van der Waals surface area contributed by atoms with Crippen LogP contribution < -0.4 is 0 Å². The van der Waals surface area contributed by atoms with Crippen molar-refractivity contribution in [2.45, 2.75) is 12.8 Å². The maximum atomic E-state index is 11.2. The molecule has 15 heavy (non-hydrogen) atoms. The lowest BCUT2D eigenvalue weighted by Gasteiger charge is -2.09. The van der Waals surface area contributed by atoms with Gasteiger partial charge >= 0.3 is 0 Å². The van der Waals surface area contributed by atoms with E-state index in [1.807, 2.05) is 0 Å². The van der Waals surface area contributed by atoms with Crippen LogP contribution in [0.2, 0.25) is 0 Å². The Hall–Kier alpha value is -1.89. The van der Waals surface area contributed by atoms with Crippen LogP contribution in [0.4, 0.5) is 0 Å². The third kappa shape index (κ3) is 2.53. The number of hydrogen-bond acceptors (Lipinski definition) is 3. The molecule has 0 unspecified atom stereocenters. The number of carbonyl (C=O) groups excluding carboxylic acids is 1. The van der Waals surface area contributed by atoms with Crippen molar-refractivity contribution in [2.75, 3.05) is 13.1 Å². The van der Waals surface area contributed by atoms with Crippen LogP contribution in [0.5, 0.6) is 0 Å². The molecule has 1 saturated heterocycles. The summed E-state index contributed by atoms with van der Waals surface area (Å²) in [4.78, 5) is 20.9. The summed E-state index contributed by atoms with van der Waals surface area (Å²) in [6.07, 6.45) is 6.43. The van der Waals surface area contributed by atoms with Crippen LogP contribution in [-0.2, 0) is 4.79 Å². The van der Waals surface area contributed by atoms with Gasteiger partial charge in [0.15, 0.2) is 0 Å². The van der Waals surface area contributed by atoms with Gasteiger partial charge in [-0.1, -0.05) is 5.92 Å². The first-order valence-corrected chi connectivity index (χ1v) is 4.89. The zero-order valence-electron chi connectivity index (χ0n) is 8.31. The summed E-state index contributed by atoms with van der Waals surface area (Å²) in [7, 11) is 0. The number of amides is 1. The molecule has 0 spiro atoms. The molecule has 1 fully saturated rings. The lowest BCUT2D eigenvalue weighted by Crippen LogP contribution is -2.24. The molecule has 0 atom stereocenters. The van der Waals surface area contributed by atoms with Gasteiger partial charge in [-0.15, -0.1) is 0 Å². The Morgan fingerprint density at radius 2 is 2.40 bits per heavy atom. The molecule has 76 valence electrons. The van der Waals surface area contributed by atoms with Crippen LogP contribution in [-0.4, -0.2) is 33.9 Å². The lowest BCUT2D eigenvalue weighted by molar-refractivity contribution is -0.127. The van der Waals surface area contributed by atoms with Crippen molar-refractivity contribution < 1.29 is 4.79 Å². The van der Waals surface area contributed by atoms with Gasteiger partial charge in [-0.3, -0.25) is 9.78 Å². The van der Waals surface area contributed by atoms with Gasteiger partial charge in [0.1, 0.15) is 5.69 Å². The van der Waals surface area contributed by atoms with Crippen LogP contribution >= 0.6 is 0 Å². The second-order valence-electron chi connectivity index (χ2n) is 3.31. The molecule has 1 amide bonds. The second kappa shape index (κ2) is 4.56. The third-order valence-electron chi connectivity index (χ3n) is 2.22. The maximum absolute atomic E-state index is 11.2. The minimum Gasteiger partial charge on any atom is -0.332 e. The predicted octanol–water partition coefficient (Wildman–Crippen LogP) is 0.451. The van der Waals surface area contributed by atoms with Crippen molar-refractivity contribution in [3.8, 4) is 11.8 Å². The average Bonchev–Trinajstić information content (AvgIpc) is 2.66. The Bertz CT molecular complexity index is 405. The fraction of sp³-hybridized carbons (Fsp3) is 0.364. The van der Waals surface area contributed by atoms with Crippen molar-refractivity contribution >= 4 is 5.91 Å². The molecule has 0 radical (unpaired) electrons. The first-order valence-electron chi connectivity index (χ1n) is 4.89. The number of hydrogen-bond donors (Lipinski definition) is 0. The summed E-state index contributed by atoms with van der Waals surface area (Å²) in [5.41, 5.74) is 0.643. The first-order chi connectivity index (χ1) is 7.36. The lowest BCUT2D eigenvalue weighted by atomic mass is 10.4. The Kier molecular flexibility index (Phi) is 2.93. The number of likely N-dealkylation sites (tertiary alicyclic amines) is 1. The van der Waals surface area contributed by atoms with Crippen molar-refractivity contribution in [1.29, 1.82) is 0 Å². The summed E-state index contributed by atoms with van der Waals surface area (Å²) in [6.45, 7) is 1.32. The highest BCUT2D eigenvalue weighted by molar-refractivity contribution is 5.78. The minimum absolute atomic E-state index is 0.198. The highest BCUT2D eigenvalue weighted by Gasteiger charge is 2.18. The fourth-order valence-electron chi connectivity index (χ4n) is 1.46. The molecule has 2 heterocycles. The highest BCUT2D eigenvalue weighted by atomic mass is 16.2. The van der Waals surface area contributed by atoms with E-state index in [4.69, 9.17) is 0 Å². The Morgan fingerprint density at radius 3 is 3.07 bits per heavy atom. The maximum Gasteiger partial charge on any atom is 0.223 e. The Balaban J connectivity index is 1.93. The van der Waals surface area contributed by atoms with Gasteiger partial charge in [-0.05, 0) is 12.3 Å². The molecule has 0 aromatic carbocycles. The predicted molar refractivity (Wildman–Crippen MR) is 54.7 cm³/mol. The summed E-state index contributed by atoms with van der Waals surface area (Å²) in [5, 5.41) is 0. The van der Waals surface area contributed by atoms with Gasteiger partial charge in [-0.2, -0.15) is 0 Å². The smallest absolute Gasteiger partial charge is 0.223 e. The standard InChI is InChI=1S/C11H11N3O/c15-11-4-2-8-14(11)7-1-3-10-9-12-5-6-13-10/h5-6,9H,2,4,7-8H2. The zero-order chi connectivity index (χ0) is 10.5. The van der Waals surface area contributed by atoms with Gasteiger partial charge in [0.05, 0.1) is 12.7 Å². The van der Waals surface area contributed by atoms with E-state index in [-0.39, 0.29) is 5.91 Å². The van der Waals surface area contributed by atoms with E-state index < -0.39 is 0 Å². The molecule has 4 heteroatoms. The summed E-state index contributed by atoms with van der Waals surface area (Å²) in [6, 6.07) is 0. The summed E-state index contributed by atoms with van der Waals surface area (Å²) >= 11 is 0. The first kappa shape index (κ1) is 9.66. The Morgan fingerprint density at radius 1 is 1.47 bits per heavy atom. The van der Waals surface area contributed by atoms with E-state index in [1.165, 1.54) is 0 Å². The van der Waals surface area contributed by atoms with Crippen LogP contribution in [0.25, 0.3) is 0 Å². The molecule has 0 saturated carbocycles. The molecule has 1 aliphatic rings. The molecule has 4 nitrogen and oxygen atoms in total. The molecule has 1 aliphatic heterocycles. The van der Waals surface area contributed by atoms with E-state index >= 15 is 0 Å². The van der Waals surface area contributed by atoms with Crippen molar-refractivity contribution in [2.24, 2.45) is 0 Å². The van der Waals surface area contributed by atoms with Crippen molar-refractivity contribution in [3.63, 3.8) is 0 Å². The number of rotatable bonds is 1. The highest BCUT2D eigenvalue weighted by Crippen LogP contribution is 2.07. The van der Waals surface area contributed by atoms with Crippen LogP contribution in [0.3, 0.4) is 0 Å². The molecule has 0 bridgehead atoms. The Labute approximate surface area is 88.3 Å². The van der Waals surface area contributed by atoms with E-state index in [2.05, 4.69) is 21.8 Å². The monoisotopic (exact) mass is 201 g/mol. The number of carbonyl (C=O) groups is 1. The average molecular weight is 201 g/mol. The normalized spacial score (nSPS) is 14.9. The largest absolute Gasteiger partial charge is 0.332 e. The van der Waals surface area contributed by atoms with E-state index in [0.717, 1.165) is 13.0 Å². The van der Waals surface area contributed by atoms with Gasteiger partial charge < -0.3 is 4.90 Å². The van der Waals surface area contributed by atoms with E-state index in [9.17, 15) is 4.79 Å². The molecule has 2 rings (SSSR count). The SMILES string of the molecule is O=C1CCCN1CC#Cc1cnccn1. The number of aromatic nitrogens is 2. The van der Waals surface area contributed by atoms with Crippen LogP contribution in [0.15, 0.2) is 18.6 Å². The number of nitrogens with zero attached hydrogens (tertiary/aromatic N) is 3. The van der Waals surface area contributed by atoms with E-state index in [0.29, 0.717) is 18.7 Å². The zero-order valence-corrected chi connectivity index (χ0v) is 8.31. The molecule has 0 N–H and O–H groups in total. The second-order valence-corrected chi connectivity index (χ2v) is 3.31. The summed E-state index contributed by atoms with van der Waals surface area (Å²) in [5.74, 6) is 6.00. The minimum atomic E-state index is 0.198. The van der Waals surface area contributed by atoms with Crippen molar-refractivity contribution in [3.05, 3.63) is 24.3 Å². The third-order valence-corrected chi connectivity index (χ3v) is 2.22. The molecule has 1 aromatic heterocycles. The quantitative estimate of drug-likeness (QED) is 0.620. The van der Waals surface area contributed by atoms with E-state index in [1.54, 1.807) is 23.5 Å². The molecular formula is C11H11N3O. The topological polar surface area (TPSA) is 46.1 Å². The van der Waals surface area contributed by atoms with Gasteiger partial charge in [0, 0.05) is 25.4 Å². The van der Waals surface area contributed by atoms with Gasteiger partial charge in [0.25, 0.3) is 0 Å². The fourth-order valence-corrected chi connectivity index (χ4v) is 1.46. The molecule has 0 aliphatic carbocycles. The van der Waals surface area contributed by atoms with Gasteiger partial charge in [0.2, 0.25) is 5.91 Å². The van der Waals surface area contributed by atoms with Crippen molar-refractivity contribution in [1.82, 2.24) is 14.9 Å². The molecular weight excluding hydrogens is 190 g/mol. The van der Waals surface area contributed by atoms with Gasteiger partial charge in [-0.25, -0.2) is 4.98 Å². The summed E-state index contributed by atoms with van der Waals surface area (Å²) < 4.78 is 0. The van der Waals surface area contributed by atoms with Crippen LogP contribution in [0.1, 0.15) is 18.5 Å². The van der Waals surface area contributed by atoms with Crippen LogP contribution in [0, 0.1) is 11.8 Å².